The van der Waals surface area contributed by atoms with Crippen LogP contribution in [-0.4, -0.2) is 44.8 Å². The summed E-state index contributed by atoms with van der Waals surface area (Å²) in [7, 11) is 1.61. The van der Waals surface area contributed by atoms with Crippen LogP contribution >= 0.6 is 0 Å². The summed E-state index contributed by atoms with van der Waals surface area (Å²) < 4.78 is 2.04. The van der Waals surface area contributed by atoms with E-state index in [9.17, 15) is 9.59 Å². The van der Waals surface area contributed by atoms with Crippen molar-refractivity contribution in [2.24, 2.45) is 0 Å². The summed E-state index contributed by atoms with van der Waals surface area (Å²) in [6, 6.07) is 7.12. The van der Waals surface area contributed by atoms with Crippen LogP contribution in [0.4, 0.5) is 0 Å². The second-order valence-corrected chi connectivity index (χ2v) is 5.89. The number of pyridine rings is 2. The molecule has 0 aromatic carbocycles. The van der Waals surface area contributed by atoms with Crippen molar-refractivity contribution in [1.29, 1.82) is 0 Å². The largest absolute Gasteiger partial charge is 0.355 e. The standard InChI is InChI=1S/C18H17N5O2/c1-19-17(24)15-13-3-2-6-21-16(13)23-10-9-22(11-14(15)23)18(25)12-4-7-20-8-5-12/h2-8H,9-11H2,1H3,(H,19,24). The minimum atomic E-state index is -0.162. The van der Waals surface area contributed by atoms with Gasteiger partial charge in [0.05, 0.1) is 17.8 Å². The van der Waals surface area contributed by atoms with Crippen molar-refractivity contribution in [3.63, 3.8) is 0 Å². The summed E-state index contributed by atoms with van der Waals surface area (Å²) in [6.45, 7) is 1.55. The van der Waals surface area contributed by atoms with Gasteiger partial charge in [-0.2, -0.15) is 0 Å². The topological polar surface area (TPSA) is 80.1 Å². The Hall–Kier alpha value is -3.22. The first-order chi connectivity index (χ1) is 12.2. The maximum atomic E-state index is 12.7. The van der Waals surface area contributed by atoms with E-state index in [0.29, 0.717) is 30.8 Å². The van der Waals surface area contributed by atoms with Crippen LogP contribution in [0.15, 0.2) is 42.9 Å². The van der Waals surface area contributed by atoms with Gasteiger partial charge in [0.25, 0.3) is 11.8 Å². The molecule has 1 aliphatic heterocycles. The molecule has 1 aliphatic rings. The predicted molar refractivity (Wildman–Crippen MR) is 92.1 cm³/mol. The molecule has 0 aliphatic carbocycles. The molecule has 4 heterocycles. The van der Waals surface area contributed by atoms with Gasteiger partial charge < -0.3 is 14.8 Å². The first kappa shape index (κ1) is 15.3. The molecule has 3 aromatic rings. The van der Waals surface area contributed by atoms with Crippen LogP contribution < -0.4 is 5.32 Å². The Morgan fingerprint density at radius 3 is 2.68 bits per heavy atom. The molecule has 25 heavy (non-hydrogen) atoms. The molecule has 0 fully saturated rings. The second-order valence-electron chi connectivity index (χ2n) is 5.89. The molecule has 0 bridgehead atoms. The summed E-state index contributed by atoms with van der Waals surface area (Å²) in [5, 5.41) is 3.51. The third-order valence-corrected chi connectivity index (χ3v) is 4.53. The minimum absolute atomic E-state index is 0.0604. The molecule has 0 unspecified atom stereocenters. The highest BCUT2D eigenvalue weighted by Crippen LogP contribution is 2.29. The number of aromatic nitrogens is 3. The van der Waals surface area contributed by atoms with Crippen LogP contribution in [-0.2, 0) is 13.1 Å². The van der Waals surface area contributed by atoms with E-state index in [-0.39, 0.29) is 11.8 Å². The maximum Gasteiger partial charge on any atom is 0.254 e. The zero-order valence-corrected chi connectivity index (χ0v) is 13.8. The van der Waals surface area contributed by atoms with Gasteiger partial charge >= 0.3 is 0 Å². The van der Waals surface area contributed by atoms with Crippen molar-refractivity contribution < 1.29 is 9.59 Å². The average Bonchev–Trinajstić information content (AvgIpc) is 3.01. The molecule has 3 aromatic heterocycles. The summed E-state index contributed by atoms with van der Waals surface area (Å²) in [4.78, 5) is 35.3. The fourth-order valence-corrected chi connectivity index (χ4v) is 3.34. The SMILES string of the molecule is CNC(=O)c1c2n(c3ncccc13)CCN(C(=O)c1ccncc1)C2. The molecular formula is C18H17N5O2. The lowest BCUT2D eigenvalue weighted by atomic mass is 10.1. The van der Waals surface area contributed by atoms with Crippen LogP contribution in [0.5, 0.6) is 0 Å². The molecular weight excluding hydrogens is 318 g/mol. The van der Waals surface area contributed by atoms with E-state index in [4.69, 9.17) is 0 Å². The molecule has 4 rings (SSSR count). The normalized spacial score (nSPS) is 13.6. The van der Waals surface area contributed by atoms with Gasteiger partial charge in [-0.1, -0.05) is 0 Å². The van der Waals surface area contributed by atoms with E-state index >= 15 is 0 Å². The lowest BCUT2D eigenvalue weighted by Crippen LogP contribution is -2.39. The molecule has 0 saturated heterocycles. The Morgan fingerprint density at radius 2 is 1.92 bits per heavy atom. The summed E-state index contributed by atoms with van der Waals surface area (Å²) in [5.41, 5.74) is 2.80. The van der Waals surface area contributed by atoms with E-state index in [2.05, 4.69) is 15.3 Å². The van der Waals surface area contributed by atoms with Crippen molar-refractivity contribution >= 4 is 22.8 Å². The molecule has 7 heteroatoms. The zero-order chi connectivity index (χ0) is 17.4. The van der Waals surface area contributed by atoms with E-state index in [0.717, 1.165) is 16.7 Å². The monoisotopic (exact) mass is 335 g/mol. The van der Waals surface area contributed by atoms with Gasteiger partial charge in [-0.3, -0.25) is 14.6 Å². The molecule has 0 spiro atoms. The van der Waals surface area contributed by atoms with E-state index in [1.807, 2.05) is 16.7 Å². The number of rotatable bonds is 2. The van der Waals surface area contributed by atoms with Gasteiger partial charge in [0, 0.05) is 49.7 Å². The Balaban J connectivity index is 1.78. The third-order valence-electron chi connectivity index (χ3n) is 4.53. The first-order valence-electron chi connectivity index (χ1n) is 8.08. The lowest BCUT2D eigenvalue weighted by molar-refractivity contribution is 0.0709. The summed E-state index contributed by atoms with van der Waals surface area (Å²) in [6.07, 6.45) is 4.93. The lowest BCUT2D eigenvalue weighted by Gasteiger charge is -2.29. The van der Waals surface area contributed by atoms with E-state index < -0.39 is 0 Å². The quantitative estimate of drug-likeness (QED) is 0.769. The first-order valence-corrected chi connectivity index (χ1v) is 8.08. The fourth-order valence-electron chi connectivity index (χ4n) is 3.34. The minimum Gasteiger partial charge on any atom is -0.355 e. The Labute approximate surface area is 144 Å². The number of hydrogen-bond acceptors (Lipinski definition) is 4. The molecule has 0 atom stereocenters. The second kappa shape index (κ2) is 6.01. The number of nitrogens with one attached hydrogen (secondary N) is 1. The average molecular weight is 335 g/mol. The van der Waals surface area contributed by atoms with Crippen molar-refractivity contribution in [3.05, 3.63) is 59.7 Å². The Morgan fingerprint density at radius 1 is 1.12 bits per heavy atom. The summed E-state index contributed by atoms with van der Waals surface area (Å²) >= 11 is 0. The van der Waals surface area contributed by atoms with Gasteiger partial charge in [0.15, 0.2) is 0 Å². The number of hydrogen-bond donors (Lipinski definition) is 1. The number of amides is 2. The smallest absolute Gasteiger partial charge is 0.254 e. The highest BCUT2D eigenvalue weighted by Gasteiger charge is 2.29. The molecule has 1 N–H and O–H groups in total. The maximum absolute atomic E-state index is 12.7. The summed E-state index contributed by atoms with van der Waals surface area (Å²) in [5.74, 6) is -0.223. The number of carbonyl (C=O) groups excluding carboxylic acids is 2. The fraction of sp³-hybridized carbons (Fsp3) is 0.222. The molecule has 2 amide bonds. The van der Waals surface area contributed by atoms with Crippen LogP contribution in [0.2, 0.25) is 0 Å². The van der Waals surface area contributed by atoms with E-state index in [1.165, 1.54) is 0 Å². The number of nitrogens with zero attached hydrogens (tertiary/aromatic N) is 4. The van der Waals surface area contributed by atoms with E-state index in [1.54, 1.807) is 42.7 Å². The van der Waals surface area contributed by atoms with Gasteiger partial charge in [-0.25, -0.2) is 4.98 Å². The van der Waals surface area contributed by atoms with Crippen LogP contribution in [0.3, 0.4) is 0 Å². The zero-order valence-electron chi connectivity index (χ0n) is 13.8. The van der Waals surface area contributed by atoms with Gasteiger partial charge in [0.1, 0.15) is 5.65 Å². The Kier molecular flexibility index (Phi) is 3.68. The van der Waals surface area contributed by atoms with Gasteiger partial charge in [0.2, 0.25) is 0 Å². The molecule has 0 radical (unpaired) electrons. The van der Waals surface area contributed by atoms with Gasteiger partial charge in [-0.05, 0) is 24.3 Å². The predicted octanol–water partition coefficient (Wildman–Crippen LogP) is 1.45. The van der Waals surface area contributed by atoms with Crippen molar-refractivity contribution in [3.8, 4) is 0 Å². The Bertz CT molecular complexity index is 964. The van der Waals surface area contributed by atoms with Crippen molar-refractivity contribution in [2.45, 2.75) is 13.1 Å². The van der Waals surface area contributed by atoms with Crippen molar-refractivity contribution in [1.82, 2.24) is 24.8 Å². The highest BCUT2D eigenvalue weighted by atomic mass is 16.2. The van der Waals surface area contributed by atoms with Crippen molar-refractivity contribution in [2.75, 3.05) is 13.6 Å². The molecule has 126 valence electrons. The van der Waals surface area contributed by atoms with Crippen LogP contribution in [0.25, 0.3) is 11.0 Å². The molecule has 7 nitrogen and oxygen atoms in total. The number of carbonyl (C=O) groups is 2. The molecule has 0 saturated carbocycles. The number of fused-ring (bicyclic) bond motifs is 3. The van der Waals surface area contributed by atoms with Crippen LogP contribution in [0, 0.1) is 0 Å². The van der Waals surface area contributed by atoms with Crippen LogP contribution in [0.1, 0.15) is 26.4 Å². The van der Waals surface area contributed by atoms with Gasteiger partial charge in [-0.15, -0.1) is 0 Å². The highest BCUT2D eigenvalue weighted by molar-refractivity contribution is 6.07. The third kappa shape index (κ3) is 2.44.